The van der Waals surface area contributed by atoms with Gasteiger partial charge in [-0.15, -0.1) is 0 Å². The molecule has 0 amide bonds. The van der Waals surface area contributed by atoms with E-state index in [4.69, 9.17) is 5.11 Å². The fourth-order valence-corrected chi connectivity index (χ4v) is 2.08. The number of benzene rings is 1. The van der Waals surface area contributed by atoms with Crippen LogP contribution in [0.1, 0.15) is 16.1 Å². The predicted octanol–water partition coefficient (Wildman–Crippen LogP) is 2.94. The molecule has 1 aromatic heterocycles. The summed E-state index contributed by atoms with van der Waals surface area (Å²) in [4.78, 5) is 13.7. The van der Waals surface area contributed by atoms with Crippen LogP contribution in [0.3, 0.4) is 0 Å². The Morgan fingerprint density at radius 1 is 1.50 bits per heavy atom. The second kappa shape index (κ2) is 3.13. The monoisotopic (exact) mass is 253 g/mol. The molecule has 0 aliphatic heterocycles. The van der Waals surface area contributed by atoms with Gasteiger partial charge in [0, 0.05) is 5.39 Å². The molecule has 0 aliphatic carbocycles. The normalized spacial score (nSPS) is 10.7. The maximum Gasteiger partial charge on any atom is 0.353 e. The first-order valence-corrected chi connectivity index (χ1v) is 4.90. The van der Waals surface area contributed by atoms with Crippen LogP contribution in [-0.2, 0) is 0 Å². The number of H-pyrrole nitrogens is 1. The summed E-state index contributed by atoms with van der Waals surface area (Å²) >= 11 is 3.27. The zero-order valence-corrected chi connectivity index (χ0v) is 9.05. The molecule has 2 aromatic rings. The molecule has 0 aliphatic rings. The number of aryl methyl sites for hydroxylation is 1. The molecule has 14 heavy (non-hydrogen) atoms. The fourth-order valence-electron chi connectivity index (χ4n) is 1.48. The average molecular weight is 254 g/mol. The van der Waals surface area contributed by atoms with Gasteiger partial charge in [-0.25, -0.2) is 4.79 Å². The van der Waals surface area contributed by atoms with Gasteiger partial charge in [0.2, 0.25) is 0 Å². The van der Waals surface area contributed by atoms with Crippen molar-refractivity contribution in [2.45, 2.75) is 6.92 Å². The van der Waals surface area contributed by atoms with E-state index in [1.807, 2.05) is 25.1 Å². The standard InChI is InChI=1S/C10H8BrNO2/c1-5-3-2-4-6-7(11)9(10(13)14)12-8(5)6/h2-4,12H,1H3,(H,13,14). The highest BCUT2D eigenvalue weighted by molar-refractivity contribution is 9.10. The van der Waals surface area contributed by atoms with E-state index in [0.29, 0.717) is 4.47 Å². The molecule has 4 heteroatoms. The minimum absolute atomic E-state index is 0.203. The smallest absolute Gasteiger partial charge is 0.353 e. The third-order valence-corrected chi connectivity index (χ3v) is 3.02. The number of rotatable bonds is 1. The molecular formula is C10H8BrNO2. The third-order valence-electron chi connectivity index (χ3n) is 2.19. The number of carboxylic acid groups (broad SMARTS) is 1. The molecule has 2 N–H and O–H groups in total. The molecule has 1 heterocycles. The molecule has 0 saturated heterocycles. The lowest BCUT2D eigenvalue weighted by atomic mass is 10.2. The number of nitrogens with one attached hydrogen (secondary N) is 1. The molecule has 0 spiro atoms. The Morgan fingerprint density at radius 2 is 2.21 bits per heavy atom. The van der Waals surface area contributed by atoms with Crippen molar-refractivity contribution >= 4 is 32.8 Å². The Morgan fingerprint density at radius 3 is 2.79 bits per heavy atom. The Bertz CT molecular complexity index is 516. The average Bonchev–Trinajstić information content (AvgIpc) is 2.46. The summed E-state index contributed by atoms with van der Waals surface area (Å²) in [5.41, 5.74) is 2.11. The molecule has 2 rings (SSSR count). The summed E-state index contributed by atoms with van der Waals surface area (Å²) in [6.45, 7) is 1.94. The summed E-state index contributed by atoms with van der Waals surface area (Å²) in [5, 5.41) is 9.80. The second-order valence-corrected chi connectivity index (χ2v) is 3.91. The van der Waals surface area contributed by atoms with E-state index in [2.05, 4.69) is 20.9 Å². The Labute approximate surface area is 88.9 Å². The lowest BCUT2D eigenvalue weighted by molar-refractivity contribution is 0.0690. The van der Waals surface area contributed by atoms with E-state index >= 15 is 0 Å². The highest BCUT2D eigenvalue weighted by atomic mass is 79.9. The van der Waals surface area contributed by atoms with Crippen LogP contribution in [0.15, 0.2) is 22.7 Å². The van der Waals surface area contributed by atoms with Gasteiger partial charge >= 0.3 is 5.97 Å². The van der Waals surface area contributed by atoms with Crippen molar-refractivity contribution in [1.82, 2.24) is 4.98 Å². The number of carboxylic acids is 1. The molecule has 0 bridgehead atoms. The minimum atomic E-state index is -0.951. The van der Waals surface area contributed by atoms with Crippen LogP contribution in [0.25, 0.3) is 10.9 Å². The summed E-state index contributed by atoms with van der Waals surface area (Å²) in [5.74, 6) is -0.951. The van der Waals surface area contributed by atoms with Gasteiger partial charge in [0.15, 0.2) is 0 Å². The van der Waals surface area contributed by atoms with E-state index in [1.165, 1.54) is 0 Å². The van der Waals surface area contributed by atoms with Crippen molar-refractivity contribution in [3.05, 3.63) is 33.9 Å². The first-order valence-electron chi connectivity index (χ1n) is 4.11. The lowest BCUT2D eigenvalue weighted by Gasteiger charge is -1.93. The van der Waals surface area contributed by atoms with Gasteiger partial charge in [0.1, 0.15) is 5.69 Å². The maximum atomic E-state index is 10.8. The number of hydrogen-bond donors (Lipinski definition) is 2. The molecule has 0 atom stereocenters. The van der Waals surface area contributed by atoms with Crippen LogP contribution in [0.5, 0.6) is 0 Å². The largest absolute Gasteiger partial charge is 0.477 e. The van der Waals surface area contributed by atoms with Crippen molar-refractivity contribution in [2.75, 3.05) is 0 Å². The van der Waals surface area contributed by atoms with Crippen LogP contribution >= 0.6 is 15.9 Å². The number of aromatic nitrogens is 1. The van der Waals surface area contributed by atoms with E-state index in [0.717, 1.165) is 16.5 Å². The van der Waals surface area contributed by atoms with Gasteiger partial charge in [0.05, 0.1) is 9.99 Å². The number of hydrogen-bond acceptors (Lipinski definition) is 1. The van der Waals surface area contributed by atoms with Gasteiger partial charge < -0.3 is 10.1 Å². The SMILES string of the molecule is Cc1cccc2c(Br)c(C(=O)O)[nH]c12. The lowest BCUT2D eigenvalue weighted by Crippen LogP contribution is -1.96. The molecule has 0 unspecified atom stereocenters. The third kappa shape index (κ3) is 1.23. The van der Waals surface area contributed by atoms with Crippen molar-refractivity contribution in [3.63, 3.8) is 0 Å². The Balaban J connectivity index is 2.86. The van der Waals surface area contributed by atoms with Gasteiger partial charge in [-0.3, -0.25) is 0 Å². The minimum Gasteiger partial charge on any atom is -0.477 e. The maximum absolute atomic E-state index is 10.8. The number of carbonyl (C=O) groups is 1. The topological polar surface area (TPSA) is 53.1 Å². The predicted molar refractivity (Wildman–Crippen MR) is 57.7 cm³/mol. The highest BCUT2D eigenvalue weighted by Crippen LogP contribution is 2.29. The number of para-hydroxylation sites is 1. The van der Waals surface area contributed by atoms with Crippen molar-refractivity contribution < 1.29 is 9.90 Å². The summed E-state index contributed by atoms with van der Waals surface area (Å²) < 4.78 is 0.615. The number of aromatic carboxylic acids is 1. The molecule has 0 radical (unpaired) electrons. The number of halogens is 1. The van der Waals surface area contributed by atoms with Crippen LogP contribution in [-0.4, -0.2) is 16.1 Å². The zero-order valence-electron chi connectivity index (χ0n) is 7.47. The van der Waals surface area contributed by atoms with Crippen molar-refractivity contribution in [1.29, 1.82) is 0 Å². The summed E-state index contributed by atoms with van der Waals surface area (Å²) in [6, 6.07) is 5.73. The van der Waals surface area contributed by atoms with Crippen molar-refractivity contribution in [3.8, 4) is 0 Å². The second-order valence-electron chi connectivity index (χ2n) is 3.12. The first kappa shape index (κ1) is 9.27. The van der Waals surface area contributed by atoms with Crippen LogP contribution in [0.2, 0.25) is 0 Å². The Hall–Kier alpha value is -1.29. The van der Waals surface area contributed by atoms with Crippen molar-refractivity contribution in [2.24, 2.45) is 0 Å². The van der Waals surface area contributed by atoms with Gasteiger partial charge in [0.25, 0.3) is 0 Å². The Kier molecular flexibility index (Phi) is 2.07. The fraction of sp³-hybridized carbons (Fsp3) is 0.100. The molecule has 72 valence electrons. The number of fused-ring (bicyclic) bond motifs is 1. The summed E-state index contributed by atoms with van der Waals surface area (Å²) in [6.07, 6.45) is 0. The first-order chi connectivity index (χ1) is 6.61. The van der Waals surface area contributed by atoms with E-state index in [9.17, 15) is 4.79 Å². The molecule has 0 fully saturated rings. The molecule has 0 saturated carbocycles. The number of aromatic amines is 1. The van der Waals surface area contributed by atoms with Crippen LogP contribution < -0.4 is 0 Å². The summed E-state index contributed by atoms with van der Waals surface area (Å²) in [7, 11) is 0. The highest BCUT2D eigenvalue weighted by Gasteiger charge is 2.15. The van der Waals surface area contributed by atoms with Gasteiger partial charge in [-0.05, 0) is 28.4 Å². The molecule has 3 nitrogen and oxygen atoms in total. The van der Waals surface area contributed by atoms with Gasteiger partial charge in [-0.2, -0.15) is 0 Å². The van der Waals surface area contributed by atoms with E-state index < -0.39 is 5.97 Å². The van der Waals surface area contributed by atoms with Crippen LogP contribution in [0.4, 0.5) is 0 Å². The quantitative estimate of drug-likeness (QED) is 0.821. The van der Waals surface area contributed by atoms with Gasteiger partial charge in [-0.1, -0.05) is 18.2 Å². The zero-order chi connectivity index (χ0) is 10.3. The van der Waals surface area contributed by atoms with E-state index in [-0.39, 0.29) is 5.69 Å². The van der Waals surface area contributed by atoms with Crippen LogP contribution in [0, 0.1) is 6.92 Å². The molecule has 1 aromatic carbocycles. The molecular weight excluding hydrogens is 246 g/mol. The van der Waals surface area contributed by atoms with E-state index in [1.54, 1.807) is 0 Å².